The van der Waals surface area contributed by atoms with Crippen LogP contribution in [0.1, 0.15) is 24.8 Å². The summed E-state index contributed by atoms with van der Waals surface area (Å²) in [4.78, 5) is 14.5. The Labute approximate surface area is 137 Å². The number of likely N-dealkylation sites (tertiary alicyclic amines) is 1. The SMILES string of the molecule is O=C(C1COCCO1)N1CCCC(O)C1CCc1ccccc1. The van der Waals surface area contributed by atoms with Gasteiger partial charge in [0.1, 0.15) is 0 Å². The monoisotopic (exact) mass is 319 g/mol. The highest BCUT2D eigenvalue weighted by Crippen LogP contribution is 2.24. The molecule has 0 spiro atoms. The number of hydrogen-bond donors (Lipinski definition) is 1. The summed E-state index contributed by atoms with van der Waals surface area (Å²) in [5, 5.41) is 10.4. The van der Waals surface area contributed by atoms with Crippen LogP contribution < -0.4 is 0 Å². The Morgan fingerprint density at radius 2 is 2.09 bits per heavy atom. The van der Waals surface area contributed by atoms with Crippen LogP contribution in [-0.2, 0) is 20.7 Å². The van der Waals surface area contributed by atoms with Crippen LogP contribution in [0.4, 0.5) is 0 Å². The number of nitrogens with zero attached hydrogens (tertiary/aromatic N) is 1. The zero-order chi connectivity index (χ0) is 16.1. The molecular weight excluding hydrogens is 294 g/mol. The smallest absolute Gasteiger partial charge is 0.254 e. The first kappa shape index (κ1) is 16.4. The molecule has 5 nitrogen and oxygen atoms in total. The van der Waals surface area contributed by atoms with Gasteiger partial charge in [0.15, 0.2) is 6.10 Å². The lowest BCUT2D eigenvalue weighted by Gasteiger charge is -2.41. The third-order valence-electron chi connectivity index (χ3n) is 4.69. The van der Waals surface area contributed by atoms with E-state index in [-0.39, 0.29) is 11.9 Å². The number of hydrogen-bond acceptors (Lipinski definition) is 4. The average molecular weight is 319 g/mol. The summed E-state index contributed by atoms with van der Waals surface area (Å²) < 4.78 is 10.9. The third-order valence-corrected chi connectivity index (χ3v) is 4.69. The molecule has 2 heterocycles. The van der Waals surface area contributed by atoms with E-state index in [0.29, 0.717) is 26.4 Å². The highest BCUT2D eigenvalue weighted by atomic mass is 16.6. The fraction of sp³-hybridized carbons (Fsp3) is 0.611. The average Bonchev–Trinajstić information content (AvgIpc) is 2.61. The van der Waals surface area contributed by atoms with Gasteiger partial charge in [-0.1, -0.05) is 30.3 Å². The van der Waals surface area contributed by atoms with E-state index in [1.54, 1.807) is 0 Å². The molecule has 0 aliphatic carbocycles. The van der Waals surface area contributed by atoms with Crippen molar-refractivity contribution in [2.24, 2.45) is 0 Å². The summed E-state index contributed by atoms with van der Waals surface area (Å²) in [6.07, 6.45) is 2.24. The van der Waals surface area contributed by atoms with Crippen molar-refractivity contribution in [1.29, 1.82) is 0 Å². The predicted molar refractivity (Wildman–Crippen MR) is 86.1 cm³/mol. The number of rotatable bonds is 4. The molecule has 126 valence electrons. The summed E-state index contributed by atoms with van der Waals surface area (Å²) in [6.45, 7) is 2.01. The summed E-state index contributed by atoms with van der Waals surface area (Å²) in [7, 11) is 0. The van der Waals surface area contributed by atoms with Crippen LogP contribution in [0.3, 0.4) is 0 Å². The predicted octanol–water partition coefficient (Wildman–Crippen LogP) is 1.39. The van der Waals surface area contributed by atoms with Crippen molar-refractivity contribution >= 4 is 5.91 Å². The zero-order valence-electron chi connectivity index (χ0n) is 13.4. The van der Waals surface area contributed by atoms with Crippen molar-refractivity contribution in [3.05, 3.63) is 35.9 Å². The normalized spacial score (nSPS) is 28.6. The van der Waals surface area contributed by atoms with Crippen LogP contribution in [0.25, 0.3) is 0 Å². The number of amides is 1. The first-order valence-corrected chi connectivity index (χ1v) is 8.47. The first-order chi connectivity index (χ1) is 11.3. The molecule has 3 rings (SSSR count). The van der Waals surface area contributed by atoms with Crippen LogP contribution in [0.2, 0.25) is 0 Å². The largest absolute Gasteiger partial charge is 0.391 e. The van der Waals surface area contributed by atoms with Gasteiger partial charge in [0, 0.05) is 6.54 Å². The Morgan fingerprint density at radius 3 is 2.83 bits per heavy atom. The van der Waals surface area contributed by atoms with Crippen molar-refractivity contribution in [3.8, 4) is 0 Å². The molecule has 1 aromatic rings. The van der Waals surface area contributed by atoms with E-state index in [0.717, 1.165) is 25.7 Å². The summed E-state index contributed by atoms with van der Waals surface area (Å²) >= 11 is 0. The van der Waals surface area contributed by atoms with E-state index < -0.39 is 12.2 Å². The number of aliphatic hydroxyl groups is 1. The van der Waals surface area contributed by atoms with E-state index >= 15 is 0 Å². The van der Waals surface area contributed by atoms with Crippen molar-refractivity contribution in [2.45, 2.75) is 43.9 Å². The van der Waals surface area contributed by atoms with E-state index in [2.05, 4.69) is 12.1 Å². The Balaban J connectivity index is 1.65. The van der Waals surface area contributed by atoms with Gasteiger partial charge in [0.25, 0.3) is 5.91 Å². The number of benzene rings is 1. The van der Waals surface area contributed by atoms with Gasteiger partial charge in [-0.15, -0.1) is 0 Å². The van der Waals surface area contributed by atoms with Crippen molar-refractivity contribution in [1.82, 2.24) is 4.90 Å². The first-order valence-electron chi connectivity index (χ1n) is 8.47. The van der Waals surface area contributed by atoms with E-state index in [9.17, 15) is 9.90 Å². The molecule has 1 N–H and O–H groups in total. The Kier molecular flexibility index (Phi) is 5.65. The maximum absolute atomic E-state index is 12.7. The summed E-state index contributed by atoms with van der Waals surface area (Å²) in [6, 6.07) is 10.1. The van der Waals surface area contributed by atoms with E-state index in [1.165, 1.54) is 5.56 Å². The fourth-order valence-electron chi connectivity index (χ4n) is 3.43. The minimum absolute atomic E-state index is 0.0403. The van der Waals surface area contributed by atoms with Crippen LogP contribution in [-0.4, -0.2) is 60.5 Å². The van der Waals surface area contributed by atoms with Crippen molar-refractivity contribution in [3.63, 3.8) is 0 Å². The summed E-state index contributed by atoms with van der Waals surface area (Å²) in [5.41, 5.74) is 1.23. The second-order valence-corrected chi connectivity index (χ2v) is 6.27. The van der Waals surface area contributed by atoms with Crippen LogP contribution in [0.5, 0.6) is 0 Å². The van der Waals surface area contributed by atoms with E-state index in [1.807, 2.05) is 23.1 Å². The number of carbonyl (C=O) groups is 1. The van der Waals surface area contributed by atoms with Crippen LogP contribution in [0, 0.1) is 0 Å². The van der Waals surface area contributed by atoms with Crippen molar-refractivity contribution < 1.29 is 19.4 Å². The maximum atomic E-state index is 12.7. The van der Waals surface area contributed by atoms with Gasteiger partial charge in [0.05, 0.1) is 32.0 Å². The number of aryl methyl sites for hydroxylation is 1. The molecule has 5 heteroatoms. The number of carbonyl (C=O) groups excluding carboxylic acids is 1. The van der Waals surface area contributed by atoms with Crippen LogP contribution >= 0.6 is 0 Å². The number of piperidine rings is 1. The zero-order valence-corrected chi connectivity index (χ0v) is 13.4. The molecule has 2 aliphatic heterocycles. The summed E-state index contributed by atoms with van der Waals surface area (Å²) in [5.74, 6) is -0.0403. The highest BCUT2D eigenvalue weighted by molar-refractivity contribution is 5.81. The molecule has 3 unspecified atom stereocenters. The fourth-order valence-corrected chi connectivity index (χ4v) is 3.43. The van der Waals surface area contributed by atoms with Gasteiger partial charge >= 0.3 is 0 Å². The van der Waals surface area contributed by atoms with Gasteiger partial charge < -0.3 is 19.5 Å². The molecule has 0 radical (unpaired) electrons. The number of aliphatic hydroxyl groups excluding tert-OH is 1. The minimum atomic E-state index is -0.520. The van der Waals surface area contributed by atoms with Crippen LogP contribution in [0.15, 0.2) is 30.3 Å². The van der Waals surface area contributed by atoms with Gasteiger partial charge in [-0.2, -0.15) is 0 Å². The van der Waals surface area contributed by atoms with Gasteiger partial charge in [-0.25, -0.2) is 0 Å². The lowest BCUT2D eigenvalue weighted by atomic mass is 9.92. The van der Waals surface area contributed by atoms with Gasteiger partial charge in [-0.05, 0) is 31.2 Å². The molecule has 1 aromatic carbocycles. The van der Waals surface area contributed by atoms with E-state index in [4.69, 9.17) is 9.47 Å². The molecule has 3 atom stereocenters. The Morgan fingerprint density at radius 1 is 1.26 bits per heavy atom. The highest BCUT2D eigenvalue weighted by Gasteiger charge is 2.37. The molecule has 23 heavy (non-hydrogen) atoms. The van der Waals surface area contributed by atoms with Crippen molar-refractivity contribution in [2.75, 3.05) is 26.4 Å². The third kappa shape index (κ3) is 4.10. The maximum Gasteiger partial charge on any atom is 0.254 e. The lowest BCUT2D eigenvalue weighted by Crippen LogP contribution is -2.55. The molecule has 2 aliphatic rings. The van der Waals surface area contributed by atoms with Gasteiger partial charge in [-0.3, -0.25) is 4.79 Å². The number of ether oxygens (including phenoxy) is 2. The van der Waals surface area contributed by atoms with Gasteiger partial charge in [0.2, 0.25) is 0 Å². The molecule has 2 saturated heterocycles. The molecular formula is C18H25NO4. The lowest BCUT2D eigenvalue weighted by molar-refractivity contribution is -0.165. The minimum Gasteiger partial charge on any atom is -0.391 e. The molecule has 0 saturated carbocycles. The molecule has 2 fully saturated rings. The molecule has 0 bridgehead atoms. The Hall–Kier alpha value is -1.43. The second kappa shape index (κ2) is 7.90. The quantitative estimate of drug-likeness (QED) is 0.911. The topological polar surface area (TPSA) is 59.0 Å². The molecule has 0 aromatic heterocycles. The molecule has 1 amide bonds. The second-order valence-electron chi connectivity index (χ2n) is 6.27. The Bertz CT molecular complexity index is 501. The standard InChI is InChI=1S/C18H25NO4/c20-16-7-4-10-19(18(21)17-13-22-11-12-23-17)15(16)9-8-14-5-2-1-3-6-14/h1-3,5-6,15-17,20H,4,7-13H2.